The Bertz CT molecular complexity index is 626. The maximum Gasteiger partial charge on any atom is 0.334 e. The van der Waals surface area contributed by atoms with Crippen LogP contribution in [0.3, 0.4) is 0 Å². The molecule has 0 aromatic carbocycles. The van der Waals surface area contributed by atoms with Gasteiger partial charge in [0.05, 0.1) is 29.6 Å². The summed E-state index contributed by atoms with van der Waals surface area (Å²) in [7, 11) is 0. The van der Waals surface area contributed by atoms with E-state index in [1.54, 1.807) is 6.92 Å². The SMILES string of the molecule is C=C1C(=O)OC2C1C(O)CC(COC(C)=O)C1(O)CCC(=O)C21C. The van der Waals surface area contributed by atoms with Gasteiger partial charge < -0.3 is 19.7 Å². The summed E-state index contributed by atoms with van der Waals surface area (Å²) in [6, 6.07) is 0. The molecule has 2 N–H and O–H groups in total. The lowest BCUT2D eigenvalue weighted by Gasteiger charge is -2.44. The Morgan fingerprint density at radius 3 is 2.75 bits per heavy atom. The number of ether oxygens (including phenoxy) is 2. The molecule has 7 nitrogen and oxygen atoms in total. The van der Waals surface area contributed by atoms with Crippen LogP contribution in [0.1, 0.15) is 33.1 Å². The minimum absolute atomic E-state index is 0.0868. The van der Waals surface area contributed by atoms with Gasteiger partial charge in [0.1, 0.15) is 11.9 Å². The molecule has 1 saturated heterocycles. The molecule has 3 rings (SSSR count). The van der Waals surface area contributed by atoms with Crippen molar-refractivity contribution < 1.29 is 34.1 Å². The zero-order valence-electron chi connectivity index (χ0n) is 13.8. The number of aliphatic hydroxyl groups is 2. The van der Waals surface area contributed by atoms with E-state index in [0.717, 1.165) is 0 Å². The largest absolute Gasteiger partial charge is 0.465 e. The summed E-state index contributed by atoms with van der Waals surface area (Å²) in [4.78, 5) is 35.8. The second-order valence-electron chi connectivity index (χ2n) is 7.23. The van der Waals surface area contributed by atoms with E-state index in [1.807, 2.05) is 0 Å². The lowest BCUT2D eigenvalue weighted by atomic mass is 9.65. The number of hydrogen-bond donors (Lipinski definition) is 2. The summed E-state index contributed by atoms with van der Waals surface area (Å²) in [5, 5.41) is 22.0. The van der Waals surface area contributed by atoms with Gasteiger partial charge in [0.15, 0.2) is 0 Å². The number of carbonyl (C=O) groups excluding carboxylic acids is 3. The summed E-state index contributed by atoms with van der Waals surface area (Å²) in [5.41, 5.74) is -2.77. The lowest BCUT2D eigenvalue weighted by molar-refractivity contribution is -0.177. The molecule has 7 heteroatoms. The third-order valence-electron chi connectivity index (χ3n) is 6.11. The highest BCUT2D eigenvalue weighted by Crippen LogP contribution is 2.58. The van der Waals surface area contributed by atoms with E-state index in [1.165, 1.54) is 6.92 Å². The molecule has 0 bridgehead atoms. The Hall–Kier alpha value is -1.73. The molecule has 132 valence electrons. The average molecular weight is 338 g/mol. The van der Waals surface area contributed by atoms with Crippen molar-refractivity contribution in [2.24, 2.45) is 17.3 Å². The van der Waals surface area contributed by atoms with Crippen LogP contribution in [0.2, 0.25) is 0 Å². The Morgan fingerprint density at radius 2 is 2.12 bits per heavy atom. The Morgan fingerprint density at radius 1 is 1.46 bits per heavy atom. The maximum absolute atomic E-state index is 12.7. The summed E-state index contributed by atoms with van der Waals surface area (Å²) >= 11 is 0. The van der Waals surface area contributed by atoms with Gasteiger partial charge in [-0.25, -0.2) is 4.79 Å². The molecule has 1 aliphatic heterocycles. The van der Waals surface area contributed by atoms with Crippen molar-refractivity contribution in [3.63, 3.8) is 0 Å². The molecule has 0 aromatic heterocycles. The van der Waals surface area contributed by atoms with Crippen molar-refractivity contribution in [3.8, 4) is 0 Å². The van der Waals surface area contributed by atoms with Crippen LogP contribution in [0.25, 0.3) is 0 Å². The first kappa shape index (κ1) is 17.1. The molecule has 6 atom stereocenters. The number of hydrogen-bond acceptors (Lipinski definition) is 7. The number of aliphatic hydroxyl groups excluding tert-OH is 1. The first-order valence-corrected chi connectivity index (χ1v) is 8.09. The Kier molecular flexibility index (Phi) is 3.84. The maximum atomic E-state index is 12.7. The van der Waals surface area contributed by atoms with Crippen LogP contribution in [0, 0.1) is 17.3 Å². The average Bonchev–Trinajstić information content (AvgIpc) is 2.91. The predicted molar refractivity (Wildman–Crippen MR) is 80.6 cm³/mol. The van der Waals surface area contributed by atoms with Gasteiger partial charge in [0.25, 0.3) is 0 Å². The van der Waals surface area contributed by atoms with Crippen molar-refractivity contribution in [2.75, 3.05) is 6.61 Å². The quantitative estimate of drug-likeness (QED) is 0.544. The molecule has 1 heterocycles. The first-order valence-electron chi connectivity index (χ1n) is 8.09. The van der Waals surface area contributed by atoms with Gasteiger partial charge >= 0.3 is 11.9 Å². The summed E-state index contributed by atoms with van der Waals surface area (Å²) in [6.07, 6.45) is -1.58. The lowest BCUT2D eigenvalue weighted by Crippen LogP contribution is -2.57. The highest BCUT2D eigenvalue weighted by molar-refractivity contribution is 5.95. The van der Waals surface area contributed by atoms with Crippen LogP contribution in [-0.2, 0) is 23.9 Å². The summed E-state index contributed by atoms with van der Waals surface area (Å²) in [6.45, 7) is 6.42. The Balaban J connectivity index is 2.07. The first-order chi connectivity index (χ1) is 11.1. The highest BCUT2D eigenvalue weighted by atomic mass is 16.6. The highest BCUT2D eigenvalue weighted by Gasteiger charge is 2.70. The minimum atomic E-state index is -1.52. The van der Waals surface area contributed by atoms with Crippen molar-refractivity contribution in [1.29, 1.82) is 0 Å². The molecule has 3 aliphatic rings. The standard InChI is InChI=1S/C17H22O7/c1-8-13-11(19)6-10(7-23-9(2)18)17(22)5-4-12(20)16(17,3)14(13)24-15(8)21/h10-11,13-14,19,22H,1,4-7H2,2-3H3. The fourth-order valence-electron chi connectivity index (χ4n) is 4.65. The molecular formula is C17H22O7. The molecule has 0 spiro atoms. The summed E-state index contributed by atoms with van der Waals surface area (Å²) in [5.74, 6) is -2.75. The normalized spacial score (nSPS) is 44.6. The molecule has 0 amide bonds. The van der Waals surface area contributed by atoms with Crippen LogP contribution in [0.15, 0.2) is 12.2 Å². The van der Waals surface area contributed by atoms with E-state index in [4.69, 9.17) is 9.47 Å². The third-order valence-corrected chi connectivity index (χ3v) is 6.11. The fourth-order valence-corrected chi connectivity index (χ4v) is 4.65. The van der Waals surface area contributed by atoms with Gasteiger partial charge in [-0.05, 0) is 19.8 Å². The van der Waals surface area contributed by atoms with Crippen LogP contribution in [-0.4, -0.2) is 52.4 Å². The second-order valence-corrected chi connectivity index (χ2v) is 7.23. The zero-order chi connectivity index (χ0) is 17.9. The van der Waals surface area contributed by atoms with E-state index in [-0.39, 0.29) is 37.2 Å². The smallest absolute Gasteiger partial charge is 0.334 e. The molecule has 24 heavy (non-hydrogen) atoms. The Labute approximate surface area is 139 Å². The van der Waals surface area contributed by atoms with Crippen molar-refractivity contribution >= 4 is 17.7 Å². The third kappa shape index (κ3) is 2.07. The predicted octanol–water partition coefficient (Wildman–Crippen LogP) is 0.128. The van der Waals surface area contributed by atoms with Crippen LogP contribution >= 0.6 is 0 Å². The number of ketones is 1. The monoisotopic (exact) mass is 338 g/mol. The molecule has 2 saturated carbocycles. The topological polar surface area (TPSA) is 110 Å². The van der Waals surface area contributed by atoms with Crippen LogP contribution in [0.5, 0.6) is 0 Å². The number of rotatable bonds is 2. The van der Waals surface area contributed by atoms with E-state index in [2.05, 4.69) is 6.58 Å². The van der Waals surface area contributed by atoms with Gasteiger partial charge in [0.2, 0.25) is 0 Å². The van der Waals surface area contributed by atoms with Gasteiger partial charge in [0, 0.05) is 24.8 Å². The molecule has 3 fully saturated rings. The van der Waals surface area contributed by atoms with Gasteiger partial charge in [-0.2, -0.15) is 0 Å². The van der Waals surface area contributed by atoms with Crippen LogP contribution in [0.4, 0.5) is 0 Å². The van der Waals surface area contributed by atoms with Crippen LogP contribution < -0.4 is 0 Å². The molecule has 2 aliphatic carbocycles. The second kappa shape index (κ2) is 5.39. The van der Waals surface area contributed by atoms with Gasteiger partial charge in [-0.3, -0.25) is 9.59 Å². The van der Waals surface area contributed by atoms with E-state index >= 15 is 0 Å². The van der Waals surface area contributed by atoms with E-state index in [0.29, 0.717) is 0 Å². The summed E-state index contributed by atoms with van der Waals surface area (Å²) < 4.78 is 10.4. The van der Waals surface area contributed by atoms with E-state index < -0.39 is 47.0 Å². The molecule has 0 radical (unpaired) electrons. The zero-order valence-corrected chi connectivity index (χ0v) is 13.8. The van der Waals surface area contributed by atoms with Crippen molar-refractivity contribution in [1.82, 2.24) is 0 Å². The molecular weight excluding hydrogens is 316 g/mol. The minimum Gasteiger partial charge on any atom is -0.465 e. The number of Topliss-reactive ketones (excluding diaryl/α,β-unsaturated/α-hetero) is 1. The number of fused-ring (bicyclic) bond motifs is 3. The van der Waals surface area contributed by atoms with Crippen molar-refractivity contribution in [2.45, 2.75) is 50.9 Å². The molecule has 0 aromatic rings. The molecule has 6 unspecified atom stereocenters. The van der Waals surface area contributed by atoms with Gasteiger partial charge in [-0.15, -0.1) is 0 Å². The number of carbonyl (C=O) groups is 3. The van der Waals surface area contributed by atoms with Crippen molar-refractivity contribution in [3.05, 3.63) is 12.2 Å². The van der Waals surface area contributed by atoms with E-state index in [9.17, 15) is 24.6 Å². The fraction of sp³-hybridized carbons (Fsp3) is 0.706. The number of esters is 2. The van der Waals surface area contributed by atoms with Gasteiger partial charge in [-0.1, -0.05) is 6.58 Å².